The molecule has 21 heavy (non-hydrogen) atoms. The van der Waals surface area contributed by atoms with Crippen LogP contribution < -0.4 is 5.32 Å². The Balaban J connectivity index is 1.98. The molecule has 0 bridgehead atoms. The molecule has 1 aromatic rings. The smallest absolute Gasteiger partial charge is 0.153 e. The van der Waals surface area contributed by atoms with Crippen LogP contribution in [0.15, 0.2) is 24.3 Å². The van der Waals surface area contributed by atoms with E-state index in [9.17, 15) is 8.42 Å². The Morgan fingerprint density at radius 3 is 2.71 bits per heavy atom. The van der Waals surface area contributed by atoms with E-state index in [1.165, 1.54) is 11.1 Å². The van der Waals surface area contributed by atoms with Gasteiger partial charge >= 0.3 is 0 Å². The maximum absolute atomic E-state index is 11.6. The second-order valence-electron chi connectivity index (χ2n) is 6.29. The number of nitrogens with one attached hydrogen (secondary N) is 1. The summed E-state index contributed by atoms with van der Waals surface area (Å²) >= 11 is 0. The van der Waals surface area contributed by atoms with Crippen molar-refractivity contribution in [3.63, 3.8) is 0 Å². The lowest BCUT2D eigenvalue weighted by molar-refractivity contribution is 0.218. The zero-order valence-corrected chi connectivity index (χ0v) is 14.0. The van der Waals surface area contributed by atoms with Crippen LogP contribution in [0.25, 0.3) is 0 Å². The van der Waals surface area contributed by atoms with Crippen molar-refractivity contribution in [1.29, 1.82) is 0 Å². The van der Waals surface area contributed by atoms with Gasteiger partial charge in [0.2, 0.25) is 0 Å². The number of hydrogen-bond donors (Lipinski definition) is 1. The number of nitrogens with zero attached hydrogens (tertiary/aromatic N) is 1. The molecule has 1 unspecified atom stereocenters. The van der Waals surface area contributed by atoms with Crippen LogP contribution in [0.5, 0.6) is 0 Å². The molecule has 1 N–H and O–H groups in total. The lowest BCUT2D eigenvalue weighted by atomic mass is 10.1. The number of benzene rings is 1. The van der Waals surface area contributed by atoms with E-state index in [1.807, 2.05) is 6.92 Å². The third-order valence-electron chi connectivity index (χ3n) is 3.90. The van der Waals surface area contributed by atoms with Gasteiger partial charge in [0.05, 0.1) is 11.5 Å². The van der Waals surface area contributed by atoms with Crippen molar-refractivity contribution in [2.75, 3.05) is 18.1 Å². The molecule has 1 heterocycles. The lowest BCUT2D eigenvalue weighted by Crippen LogP contribution is -2.46. The van der Waals surface area contributed by atoms with Gasteiger partial charge in [-0.05, 0) is 18.1 Å². The number of hydrogen-bond acceptors (Lipinski definition) is 4. The first-order chi connectivity index (χ1) is 9.85. The molecule has 0 aliphatic carbocycles. The van der Waals surface area contributed by atoms with Gasteiger partial charge in [-0.2, -0.15) is 0 Å². The van der Waals surface area contributed by atoms with E-state index in [-0.39, 0.29) is 17.5 Å². The fourth-order valence-electron chi connectivity index (χ4n) is 2.66. The molecule has 1 atom stereocenters. The third-order valence-corrected chi connectivity index (χ3v) is 5.69. The maximum Gasteiger partial charge on any atom is 0.153 e. The number of rotatable bonds is 5. The highest BCUT2D eigenvalue weighted by molar-refractivity contribution is 7.91. The molecule has 5 heteroatoms. The summed E-state index contributed by atoms with van der Waals surface area (Å²) < 4.78 is 23.3. The molecule has 0 spiro atoms. The van der Waals surface area contributed by atoms with E-state index in [2.05, 4.69) is 48.3 Å². The molecular formula is C16H26N2O2S. The van der Waals surface area contributed by atoms with Crippen LogP contribution in [0.4, 0.5) is 0 Å². The monoisotopic (exact) mass is 310 g/mol. The predicted molar refractivity (Wildman–Crippen MR) is 86.9 cm³/mol. The Kier molecular flexibility index (Phi) is 5.41. The highest BCUT2D eigenvalue weighted by atomic mass is 32.2. The van der Waals surface area contributed by atoms with Crippen molar-refractivity contribution in [1.82, 2.24) is 10.2 Å². The van der Waals surface area contributed by atoms with Crippen molar-refractivity contribution < 1.29 is 8.42 Å². The predicted octanol–water partition coefficient (Wildman–Crippen LogP) is 1.80. The summed E-state index contributed by atoms with van der Waals surface area (Å²) in [5.74, 6) is 0.563. The standard InChI is InChI=1S/C16H26N2O2S/c1-13(2)17-10-15-5-4-6-16(9-15)11-18-7-8-21(19,20)12-14(18)3/h4-6,9,13-14,17H,7-8,10-12H2,1-3H3. The molecule has 2 rings (SSSR count). The van der Waals surface area contributed by atoms with Gasteiger partial charge in [0.25, 0.3) is 0 Å². The van der Waals surface area contributed by atoms with E-state index in [0.717, 1.165) is 13.1 Å². The molecule has 1 aromatic carbocycles. The molecule has 0 aromatic heterocycles. The van der Waals surface area contributed by atoms with Crippen molar-refractivity contribution in [2.24, 2.45) is 0 Å². The summed E-state index contributed by atoms with van der Waals surface area (Å²) in [5, 5.41) is 3.42. The zero-order valence-electron chi connectivity index (χ0n) is 13.2. The van der Waals surface area contributed by atoms with Crippen LogP contribution in [0.2, 0.25) is 0 Å². The van der Waals surface area contributed by atoms with Gasteiger partial charge < -0.3 is 5.32 Å². The van der Waals surface area contributed by atoms with Gasteiger partial charge in [0.1, 0.15) is 0 Å². The third kappa shape index (κ3) is 5.09. The van der Waals surface area contributed by atoms with Gasteiger partial charge in [-0.1, -0.05) is 38.1 Å². The van der Waals surface area contributed by atoms with E-state index >= 15 is 0 Å². The van der Waals surface area contributed by atoms with Crippen LogP contribution in [0.3, 0.4) is 0 Å². The first-order valence-corrected chi connectivity index (χ1v) is 9.43. The van der Waals surface area contributed by atoms with Crippen molar-refractivity contribution in [3.05, 3.63) is 35.4 Å². The Morgan fingerprint density at radius 1 is 1.33 bits per heavy atom. The quantitative estimate of drug-likeness (QED) is 0.901. The summed E-state index contributed by atoms with van der Waals surface area (Å²) in [7, 11) is -2.84. The molecule has 1 aliphatic heterocycles. The normalized spacial score (nSPS) is 22.6. The molecule has 118 valence electrons. The molecule has 0 amide bonds. The summed E-state index contributed by atoms with van der Waals surface area (Å²) in [4.78, 5) is 2.26. The average molecular weight is 310 g/mol. The molecule has 4 nitrogen and oxygen atoms in total. The van der Waals surface area contributed by atoms with Crippen LogP contribution in [-0.4, -0.2) is 43.5 Å². The fourth-order valence-corrected chi connectivity index (χ4v) is 4.29. The Labute approximate surface area is 128 Å². The summed E-state index contributed by atoms with van der Waals surface area (Å²) in [6.07, 6.45) is 0. The van der Waals surface area contributed by atoms with Crippen LogP contribution in [0, 0.1) is 0 Å². The molecule has 0 saturated carbocycles. The SMILES string of the molecule is CC(C)NCc1cccc(CN2CCS(=O)(=O)CC2C)c1. The molecule has 1 saturated heterocycles. The van der Waals surface area contributed by atoms with Crippen LogP contribution in [0.1, 0.15) is 31.9 Å². The zero-order chi connectivity index (χ0) is 15.5. The molecule has 1 fully saturated rings. The van der Waals surface area contributed by atoms with Crippen molar-refractivity contribution >= 4 is 9.84 Å². The van der Waals surface area contributed by atoms with E-state index in [0.29, 0.717) is 12.6 Å². The van der Waals surface area contributed by atoms with Gasteiger partial charge in [-0.15, -0.1) is 0 Å². The minimum Gasteiger partial charge on any atom is -0.310 e. The van der Waals surface area contributed by atoms with E-state index in [4.69, 9.17) is 0 Å². The van der Waals surface area contributed by atoms with Crippen LogP contribution in [-0.2, 0) is 22.9 Å². The molecule has 0 radical (unpaired) electrons. The van der Waals surface area contributed by atoms with E-state index < -0.39 is 9.84 Å². The fraction of sp³-hybridized carbons (Fsp3) is 0.625. The van der Waals surface area contributed by atoms with Crippen molar-refractivity contribution in [2.45, 2.75) is 45.9 Å². The Morgan fingerprint density at radius 2 is 2.05 bits per heavy atom. The minimum atomic E-state index is -2.84. The summed E-state index contributed by atoms with van der Waals surface area (Å²) in [6, 6.07) is 9.11. The minimum absolute atomic E-state index is 0.0983. The average Bonchev–Trinajstić information content (AvgIpc) is 2.40. The Hall–Kier alpha value is -0.910. The summed E-state index contributed by atoms with van der Waals surface area (Å²) in [5.41, 5.74) is 2.53. The second-order valence-corrected chi connectivity index (χ2v) is 8.52. The molecular weight excluding hydrogens is 284 g/mol. The van der Waals surface area contributed by atoms with Gasteiger partial charge in [-0.25, -0.2) is 8.42 Å². The molecule has 1 aliphatic rings. The van der Waals surface area contributed by atoms with Gasteiger partial charge in [0, 0.05) is 31.7 Å². The van der Waals surface area contributed by atoms with Crippen molar-refractivity contribution in [3.8, 4) is 0 Å². The second kappa shape index (κ2) is 6.90. The first-order valence-electron chi connectivity index (χ1n) is 7.61. The van der Waals surface area contributed by atoms with E-state index in [1.54, 1.807) is 0 Å². The van der Waals surface area contributed by atoms with Gasteiger partial charge in [0.15, 0.2) is 9.84 Å². The number of sulfone groups is 1. The summed E-state index contributed by atoms with van der Waals surface area (Å²) in [6.45, 7) is 8.61. The Bertz CT molecular complexity index is 569. The largest absolute Gasteiger partial charge is 0.310 e. The first kappa shape index (κ1) is 16.5. The highest BCUT2D eigenvalue weighted by Gasteiger charge is 2.27. The van der Waals surface area contributed by atoms with Gasteiger partial charge in [-0.3, -0.25) is 4.90 Å². The van der Waals surface area contributed by atoms with Crippen LogP contribution >= 0.6 is 0 Å². The highest BCUT2D eigenvalue weighted by Crippen LogP contribution is 2.16. The maximum atomic E-state index is 11.6. The topological polar surface area (TPSA) is 49.4 Å². The lowest BCUT2D eigenvalue weighted by Gasteiger charge is -2.33.